The van der Waals surface area contributed by atoms with Gasteiger partial charge in [-0.3, -0.25) is 0 Å². The number of aryl methyl sites for hydroxylation is 1. The molecule has 0 fully saturated rings. The molecule has 1 heterocycles. The molecule has 0 aliphatic heterocycles. The largest absolute Gasteiger partial charge is 0.507 e. The number of phenolic OH excluding ortho intramolecular Hbond substituents is 1. The zero-order valence-corrected chi connectivity index (χ0v) is 7.86. The van der Waals surface area contributed by atoms with Crippen molar-refractivity contribution in [1.29, 1.82) is 0 Å². The number of aromatic hydroxyl groups is 1. The van der Waals surface area contributed by atoms with Gasteiger partial charge in [-0.25, -0.2) is 0 Å². The van der Waals surface area contributed by atoms with Gasteiger partial charge in [-0.2, -0.15) is 0 Å². The van der Waals surface area contributed by atoms with Crippen LogP contribution < -0.4 is 0 Å². The van der Waals surface area contributed by atoms with Crippen molar-refractivity contribution in [3.63, 3.8) is 0 Å². The minimum Gasteiger partial charge on any atom is -0.507 e. The van der Waals surface area contributed by atoms with Crippen LogP contribution in [-0.2, 0) is 6.40 Å². The smallest absolute Gasteiger partial charge is 0.125 e. The zero-order chi connectivity index (χ0) is 17.6. The summed E-state index contributed by atoms with van der Waals surface area (Å²) in [6, 6.07) is 4.64. The van der Waals surface area contributed by atoms with E-state index in [0.29, 0.717) is 5.52 Å². The molecule has 3 heteroatoms. The van der Waals surface area contributed by atoms with Crippen molar-refractivity contribution >= 4 is 10.9 Å². The molecule has 0 amide bonds. The second kappa shape index (κ2) is 3.95. The first-order valence-electron chi connectivity index (χ1n) is 8.53. The molecule has 2 rings (SSSR count). The third kappa shape index (κ3) is 1.97. The van der Waals surface area contributed by atoms with Crippen molar-refractivity contribution < 1.29 is 16.1 Å². The Bertz CT molecular complexity index is 678. The maximum atomic E-state index is 9.93. The monoisotopic (exact) mass is 212 g/mol. The Labute approximate surface area is 101 Å². The summed E-state index contributed by atoms with van der Waals surface area (Å²) in [5.41, 5.74) is 0.676. The number of rotatable bonds is 3. The number of fused-ring (bicyclic) bond motifs is 1. The van der Waals surface area contributed by atoms with Gasteiger partial charge >= 0.3 is 0 Å². The third-order valence-electron chi connectivity index (χ3n) is 2.12. The molecule has 0 radical (unpaired) electrons. The van der Waals surface area contributed by atoms with Crippen LogP contribution >= 0.6 is 0 Å². The molecule has 0 bridgehead atoms. The van der Waals surface area contributed by atoms with E-state index in [4.69, 9.17) is 11.0 Å². The normalized spacial score (nSPS) is 25.1. The molecule has 2 N–H and O–H groups in total. The van der Waals surface area contributed by atoms with Crippen molar-refractivity contribution in [2.75, 3.05) is 20.5 Å². The second-order valence-electron chi connectivity index (χ2n) is 3.13. The summed E-state index contributed by atoms with van der Waals surface area (Å²) in [5.74, 6) is -0.127. The summed E-state index contributed by atoms with van der Waals surface area (Å²) in [4.78, 5) is 2.87. The number of aromatic nitrogens is 1. The lowest BCUT2D eigenvalue weighted by atomic mass is 10.1. The van der Waals surface area contributed by atoms with Gasteiger partial charge in [-0.1, -0.05) is 6.07 Å². The lowest BCUT2D eigenvalue weighted by molar-refractivity contribution is 0.414. The first-order valence-corrected chi connectivity index (χ1v) is 4.37. The Hall–Kier alpha value is -1.48. The summed E-state index contributed by atoms with van der Waals surface area (Å²) < 4.78 is 60.2. The topological polar surface area (TPSA) is 39.3 Å². The van der Waals surface area contributed by atoms with Gasteiger partial charge in [0.2, 0.25) is 0 Å². The molecule has 1 aromatic heterocycles. The van der Waals surface area contributed by atoms with Crippen LogP contribution in [0.25, 0.3) is 10.9 Å². The van der Waals surface area contributed by atoms with Crippen molar-refractivity contribution in [1.82, 2.24) is 9.88 Å². The van der Waals surface area contributed by atoms with Gasteiger partial charge in [0.15, 0.2) is 0 Å². The Morgan fingerprint density at radius 3 is 3.20 bits per heavy atom. The van der Waals surface area contributed by atoms with Crippen LogP contribution in [-0.4, -0.2) is 35.5 Å². The van der Waals surface area contributed by atoms with E-state index in [2.05, 4.69) is 4.98 Å². The minimum atomic E-state index is -3.05. The van der Waals surface area contributed by atoms with Gasteiger partial charge in [0, 0.05) is 34.6 Å². The number of phenols is 1. The highest BCUT2D eigenvalue weighted by Gasteiger charge is 2.07. The van der Waals surface area contributed by atoms with Gasteiger partial charge in [-0.15, -0.1) is 0 Å². The molecule has 0 spiro atoms. The van der Waals surface area contributed by atoms with E-state index in [9.17, 15) is 5.11 Å². The van der Waals surface area contributed by atoms with E-state index in [-0.39, 0.29) is 21.6 Å². The Kier molecular flexibility index (Phi) is 1.10. The summed E-state index contributed by atoms with van der Waals surface area (Å²) in [5, 5.41) is 10.2. The molecule has 2 aromatic rings. The van der Waals surface area contributed by atoms with E-state index >= 15 is 0 Å². The molecular formula is C12H16N2O. The van der Waals surface area contributed by atoms with Crippen LogP contribution in [0.3, 0.4) is 0 Å². The van der Waals surface area contributed by atoms with E-state index in [1.54, 1.807) is 12.1 Å². The number of hydrogen-bond acceptors (Lipinski definition) is 2. The van der Waals surface area contributed by atoms with E-state index < -0.39 is 26.9 Å². The van der Waals surface area contributed by atoms with Gasteiger partial charge < -0.3 is 15.0 Å². The molecule has 15 heavy (non-hydrogen) atoms. The van der Waals surface area contributed by atoms with Crippen molar-refractivity contribution in [3.05, 3.63) is 30.0 Å². The molecule has 0 saturated heterocycles. The quantitative estimate of drug-likeness (QED) is 0.816. The van der Waals surface area contributed by atoms with Gasteiger partial charge in [0.25, 0.3) is 0 Å². The van der Waals surface area contributed by atoms with Gasteiger partial charge in [0.05, 0.1) is 0 Å². The summed E-state index contributed by atoms with van der Waals surface area (Å²) in [6.07, 6.45) is -0.126. The number of aromatic amines is 1. The fourth-order valence-corrected chi connectivity index (χ4v) is 1.48. The van der Waals surface area contributed by atoms with Crippen molar-refractivity contribution in [2.45, 2.75) is 6.40 Å². The molecule has 2 atom stereocenters. The highest BCUT2D eigenvalue weighted by molar-refractivity contribution is 5.88. The van der Waals surface area contributed by atoms with Crippen LogP contribution in [0.15, 0.2) is 24.4 Å². The molecule has 2 unspecified atom stereocenters. The molecule has 3 nitrogen and oxygen atoms in total. The van der Waals surface area contributed by atoms with Crippen molar-refractivity contribution in [2.24, 2.45) is 0 Å². The summed E-state index contributed by atoms with van der Waals surface area (Å²) in [7, 11) is 0. The zero-order valence-electron chi connectivity index (χ0n) is 15.9. The van der Waals surface area contributed by atoms with Crippen molar-refractivity contribution in [3.8, 4) is 5.75 Å². The summed E-state index contributed by atoms with van der Waals surface area (Å²) >= 11 is 0. The van der Waals surface area contributed by atoms with Crippen LogP contribution in [0.4, 0.5) is 0 Å². The fraction of sp³-hybridized carbons (Fsp3) is 0.333. The van der Waals surface area contributed by atoms with Crippen LogP contribution in [0.1, 0.15) is 16.5 Å². The number of benzene rings is 1. The molecule has 80 valence electrons. The highest BCUT2D eigenvalue weighted by atomic mass is 16.3. The number of nitrogens with zero attached hydrogens (tertiary/aromatic N) is 1. The number of hydrogen-bond donors (Lipinski definition) is 2. The van der Waals surface area contributed by atoms with Gasteiger partial charge in [0.1, 0.15) is 5.75 Å². The fourth-order valence-electron chi connectivity index (χ4n) is 1.48. The third-order valence-corrected chi connectivity index (χ3v) is 2.12. The number of nitrogens with one attached hydrogen (secondary N) is 1. The Morgan fingerprint density at radius 2 is 2.40 bits per heavy atom. The van der Waals surface area contributed by atoms with E-state index in [1.807, 2.05) is 0 Å². The predicted octanol–water partition coefficient (Wildman–Crippen LogP) is 1.98. The average Bonchev–Trinajstić information content (AvgIpc) is 2.79. The predicted molar refractivity (Wildman–Crippen MR) is 62.2 cm³/mol. The summed E-state index contributed by atoms with van der Waals surface area (Å²) in [6.45, 7) is -7.97. The van der Waals surface area contributed by atoms with Gasteiger partial charge in [-0.05, 0) is 38.0 Å². The van der Waals surface area contributed by atoms with Crippen LogP contribution in [0.5, 0.6) is 5.75 Å². The number of likely N-dealkylation sites (N-methyl/N-ethyl adjacent to an activating group) is 1. The van der Waals surface area contributed by atoms with E-state index in [1.165, 1.54) is 12.3 Å². The molecule has 0 saturated carbocycles. The lowest BCUT2D eigenvalue weighted by Crippen LogP contribution is -2.14. The molecule has 0 aliphatic rings. The average molecular weight is 212 g/mol. The second-order valence-corrected chi connectivity index (χ2v) is 3.13. The molecule has 0 aliphatic carbocycles. The SMILES string of the molecule is [2H]C(c1c[nH]c2cccc(O)c12)C([2H])N(C([2H])([2H])[2H])C([2H])([2H])[2H]. The Balaban J connectivity index is 2.47. The lowest BCUT2D eigenvalue weighted by Gasteiger charge is -2.08. The minimum absolute atomic E-state index is 0.0521. The molecular weight excluding hydrogens is 188 g/mol. The van der Waals surface area contributed by atoms with Crippen LogP contribution in [0.2, 0.25) is 0 Å². The first-order chi connectivity index (χ1) is 10.4. The maximum Gasteiger partial charge on any atom is 0.125 e. The molecule has 1 aromatic carbocycles. The van der Waals surface area contributed by atoms with Crippen LogP contribution in [0, 0.1) is 0 Å². The van der Waals surface area contributed by atoms with E-state index in [0.717, 1.165) is 0 Å². The first kappa shape index (κ1) is 4.18. The number of H-pyrrole nitrogens is 1. The maximum absolute atomic E-state index is 9.93. The highest BCUT2D eigenvalue weighted by Crippen LogP contribution is 2.27. The Morgan fingerprint density at radius 1 is 1.53 bits per heavy atom. The standard InChI is InChI=1S/C12H16N2O/c1-14(2)7-6-9-8-13-10-4-3-5-11(15)12(9)10/h3-5,8,13,15H,6-7H2,1-2H3/i1D3,2D3,6D,7D.